The van der Waals surface area contributed by atoms with Gasteiger partial charge in [-0.15, -0.1) is 5.53 Å². The van der Waals surface area contributed by atoms with Crippen LogP contribution in [-0.4, -0.2) is 42.7 Å². The number of hydrogen-bond acceptors (Lipinski definition) is 6. The standard InChI is InChI=1S/C24H33N5O2/c1-3-4-9-14-25-24(30)31-16-15-29-23-19-11-6-5-10-18(19)17-28(2)21-13-8-7-12-20(21)22(23)26-27-29/h5-6,10-13,26-27H,3-4,7-9,14-17H2,1-2H3,(H,25,30). The van der Waals surface area contributed by atoms with E-state index in [0.717, 1.165) is 50.0 Å². The van der Waals surface area contributed by atoms with Gasteiger partial charge in [0.2, 0.25) is 0 Å². The van der Waals surface area contributed by atoms with Crippen LogP contribution >= 0.6 is 0 Å². The van der Waals surface area contributed by atoms with Gasteiger partial charge in [0.15, 0.2) is 0 Å². The van der Waals surface area contributed by atoms with E-state index in [1.165, 1.54) is 22.4 Å². The van der Waals surface area contributed by atoms with E-state index in [4.69, 9.17) is 4.74 Å². The van der Waals surface area contributed by atoms with Gasteiger partial charge in [-0.05, 0) is 24.8 Å². The van der Waals surface area contributed by atoms with E-state index in [9.17, 15) is 4.79 Å². The maximum atomic E-state index is 12.0. The Morgan fingerprint density at radius 2 is 2.03 bits per heavy atom. The fourth-order valence-corrected chi connectivity index (χ4v) is 4.35. The minimum absolute atomic E-state index is 0.300. The number of amides is 1. The lowest BCUT2D eigenvalue weighted by molar-refractivity contribution is 0.129. The Kier molecular flexibility index (Phi) is 6.82. The Balaban J connectivity index is 1.51. The van der Waals surface area contributed by atoms with Crippen molar-refractivity contribution in [1.82, 2.24) is 26.2 Å². The summed E-state index contributed by atoms with van der Waals surface area (Å²) in [6.07, 6.45) is 9.61. The van der Waals surface area contributed by atoms with Crippen molar-refractivity contribution in [2.24, 2.45) is 0 Å². The van der Waals surface area contributed by atoms with Crippen molar-refractivity contribution < 1.29 is 9.53 Å². The van der Waals surface area contributed by atoms with Crippen molar-refractivity contribution in [3.05, 3.63) is 64.5 Å². The number of allylic oxidation sites excluding steroid dienone is 2. The van der Waals surface area contributed by atoms with Crippen LogP contribution in [0.5, 0.6) is 0 Å². The summed E-state index contributed by atoms with van der Waals surface area (Å²) in [6, 6.07) is 8.52. The maximum Gasteiger partial charge on any atom is 0.407 e. The number of unbranched alkanes of at least 4 members (excludes halogenated alkanes) is 2. The van der Waals surface area contributed by atoms with Crippen molar-refractivity contribution in [2.75, 3.05) is 26.7 Å². The molecule has 1 aliphatic carbocycles. The van der Waals surface area contributed by atoms with Crippen LogP contribution in [0, 0.1) is 0 Å². The molecule has 1 aromatic rings. The molecule has 7 heteroatoms. The average Bonchev–Trinajstić information content (AvgIpc) is 3.19. The summed E-state index contributed by atoms with van der Waals surface area (Å²) in [4.78, 5) is 14.3. The Bertz CT molecular complexity index is 905. The van der Waals surface area contributed by atoms with Crippen molar-refractivity contribution in [1.29, 1.82) is 0 Å². The Morgan fingerprint density at radius 1 is 1.19 bits per heavy atom. The largest absolute Gasteiger partial charge is 0.448 e. The third-order valence-electron chi connectivity index (χ3n) is 5.91. The first-order valence-corrected chi connectivity index (χ1v) is 11.3. The summed E-state index contributed by atoms with van der Waals surface area (Å²) in [5, 5.41) is 4.88. The summed E-state index contributed by atoms with van der Waals surface area (Å²) in [7, 11) is 2.15. The lowest BCUT2D eigenvalue weighted by Crippen LogP contribution is -2.40. The first kappa shape index (κ1) is 21.3. The van der Waals surface area contributed by atoms with Crippen molar-refractivity contribution in [3.8, 4) is 0 Å². The molecule has 2 aliphatic heterocycles. The fourth-order valence-electron chi connectivity index (χ4n) is 4.35. The van der Waals surface area contributed by atoms with Gasteiger partial charge in [-0.25, -0.2) is 4.79 Å². The first-order chi connectivity index (χ1) is 15.2. The SMILES string of the molecule is CCCCCNC(=O)OCCN1NNC2=C1c1ccccc1CN(C)C1=CCCC=C12. The quantitative estimate of drug-likeness (QED) is 0.582. The molecule has 1 aromatic carbocycles. The zero-order valence-corrected chi connectivity index (χ0v) is 18.5. The third-order valence-corrected chi connectivity index (χ3v) is 5.91. The number of alkyl carbamates (subject to hydrolysis) is 1. The van der Waals surface area contributed by atoms with E-state index in [1.54, 1.807) is 0 Å². The highest BCUT2D eigenvalue weighted by Gasteiger charge is 2.32. The predicted molar refractivity (Wildman–Crippen MR) is 122 cm³/mol. The lowest BCUT2D eigenvalue weighted by Gasteiger charge is -2.31. The molecule has 0 unspecified atom stereocenters. The Morgan fingerprint density at radius 3 is 2.90 bits per heavy atom. The average molecular weight is 424 g/mol. The smallest absolute Gasteiger partial charge is 0.407 e. The summed E-state index contributed by atoms with van der Waals surface area (Å²) in [5.74, 6) is 0. The van der Waals surface area contributed by atoms with E-state index in [-0.39, 0.29) is 6.09 Å². The highest BCUT2D eigenvalue weighted by molar-refractivity contribution is 5.76. The van der Waals surface area contributed by atoms with E-state index in [2.05, 4.69) is 76.6 Å². The molecule has 7 nitrogen and oxygen atoms in total. The molecule has 0 spiro atoms. The molecule has 0 aromatic heterocycles. The molecule has 2 heterocycles. The molecular formula is C24H33N5O2. The molecule has 3 aliphatic rings. The number of benzene rings is 1. The Hall–Kier alpha value is -2.93. The van der Waals surface area contributed by atoms with Crippen LogP contribution < -0.4 is 16.3 Å². The molecular weight excluding hydrogens is 390 g/mol. The van der Waals surface area contributed by atoms with Crippen LogP contribution in [0.4, 0.5) is 4.79 Å². The van der Waals surface area contributed by atoms with Gasteiger partial charge >= 0.3 is 6.09 Å². The van der Waals surface area contributed by atoms with Crippen LogP contribution in [0.3, 0.4) is 0 Å². The number of nitrogens with zero attached hydrogens (tertiary/aromatic N) is 2. The second-order valence-corrected chi connectivity index (χ2v) is 8.18. The van der Waals surface area contributed by atoms with Crippen LogP contribution in [0.1, 0.15) is 50.2 Å². The molecule has 1 amide bonds. The lowest BCUT2D eigenvalue weighted by atomic mass is 9.92. The molecule has 0 atom stereocenters. The van der Waals surface area contributed by atoms with Crippen LogP contribution in [0.25, 0.3) is 5.70 Å². The third kappa shape index (κ3) is 4.71. The number of fused-ring (bicyclic) bond motifs is 4. The molecule has 0 radical (unpaired) electrons. The number of hydrazine groups is 2. The zero-order valence-electron chi connectivity index (χ0n) is 18.5. The molecule has 166 valence electrons. The van der Waals surface area contributed by atoms with Gasteiger partial charge in [-0.3, -0.25) is 5.01 Å². The molecule has 0 saturated heterocycles. The first-order valence-electron chi connectivity index (χ1n) is 11.3. The van der Waals surface area contributed by atoms with E-state index >= 15 is 0 Å². The van der Waals surface area contributed by atoms with Gasteiger partial charge in [-0.2, -0.15) is 0 Å². The van der Waals surface area contributed by atoms with E-state index < -0.39 is 0 Å². The highest BCUT2D eigenvalue weighted by atomic mass is 16.5. The van der Waals surface area contributed by atoms with Crippen molar-refractivity contribution >= 4 is 11.8 Å². The molecule has 3 N–H and O–H groups in total. The molecule has 0 saturated carbocycles. The van der Waals surface area contributed by atoms with E-state index in [1.807, 2.05) is 0 Å². The fraction of sp³-hybridized carbons (Fsp3) is 0.458. The van der Waals surface area contributed by atoms with Gasteiger partial charge in [0.1, 0.15) is 6.61 Å². The van der Waals surface area contributed by atoms with Gasteiger partial charge in [-0.1, -0.05) is 56.2 Å². The number of ether oxygens (including phenoxy) is 1. The minimum atomic E-state index is -0.350. The Labute approximate surface area is 184 Å². The number of likely N-dealkylation sites (N-methyl/N-ethyl adjacent to an activating group) is 1. The number of hydrogen-bond donors (Lipinski definition) is 3. The zero-order chi connectivity index (χ0) is 21.6. The predicted octanol–water partition coefficient (Wildman–Crippen LogP) is 3.65. The van der Waals surface area contributed by atoms with Crippen molar-refractivity contribution in [2.45, 2.75) is 45.6 Å². The normalized spacial score (nSPS) is 17.5. The number of carbonyl (C=O) groups excluding carboxylic acids is 1. The monoisotopic (exact) mass is 423 g/mol. The maximum absolute atomic E-state index is 12.0. The van der Waals surface area contributed by atoms with Gasteiger partial charge in [0, 0.05) is 37.0 Å². The molecule has 4 rings (SSSR count). The van der Waals surface area contributed by atoms with Crippen LogP contribution in [-0.2, 0) is 11.3 Å². The number of rotatable bonds is 7. The summed E-state index contributed by atoms with van der Waals surface area (Å²) >= 11 is 0. The number of nitrogens with one attached hydrogen (secondary N) is 3. The summed E-state index contributed by atoms with van der Waals surface area (Å²) in [6.45, 7) is 4.50. The summed E-state index contributed by atoms with van der Waals surface area (Å²) in [5.41, 5.74) is 13.8. The van der Waals surface area contributed by atoms with E-state index in [0.29, 0.717) is 19.7 Å². The minimum Gasteiger partial charge on any atom is -0.448 e. The second kappa shape index (κ2) is 9.92. The highest BCUT2D eigenvalue weighted by Crippen LogP contribution is 2.38. The van der Waals surface area contributed by atoms with Crippen LogP contribution in [0.2, 0.25) is 0 Å². The molecule has 0 bridgehead atoms. The second-order valence-electron chi connectivity index (χ2n) is 8.18. The van der Waals surface area contributed by atoms with Crippen LogP contribution in [0.15, 0.2) is 53.4 Å². The van der Waals surface area contributed by atoms with Gasteiger partial charge in [0.05, 0.1) is 17.9 Å². The number of carbonyl (C=O) groups is 1. The van der Waals surface area contributed by atoms with Gasteiger partial charge in [0.25, 0.3) is 0 Å². The topological polar surface area (TPSA) is 68.9 Å². The van der Waals surface area contributed by atoms with Gasteiger partial charge < -0.3 is 20.4 Å². The van der Waals surface area contributed by atoms with Crippen molar-refractivity contribution in [3.63, 3.8) is 0 Å². The molecule has 31 heavy (non-hydrogen) atoms. The summed E-state index contributed by atoms with van der Waals surface area (Å²) < 4.78 is 5.42. The molecule has 0 fully saturated rings.